The number of hydrogen-bond donors (Lipinski definition) is 1. The summed E-state index contributed by atoms with van der Waals surface area (Å²) in [6.45, 7) is 4.75. The molecular formula is C15H21N5O3S. The van der Waals surface area contributed by atoms with Crippen molar-refractivity contribution in [1.29, 1.82) is 0 Å². The first kappa shape index (κ1) is 16.7. The molecule has 0 aliphatic carbocycles. The summed E-state index contributed by atoms with van der Waals surface area (Å²) < 4.78 is 28.8. The topological polar surface area (TPSA) is 91.3 Å². The van der Waals surface area contributed by atoms with E-state index in [9.17, 15) is 13.2 Å². The number of nitrogens with one attached hydrogen (secondary N) is 1. The molecule has 8 nitrogen and oxygen atoms in total. The lowest BCUT2D eigenvalue weighted by atomic mass is 10.3. The average Bonchev–Trinajstić information content (AvgIpc) is 3.16. The van der Waals surface area contributed by atoms with Crippen molar-refractivity contribution in [3.8, 4) is 0 Å². The molecule has 2 aromatic rings. The van der Waals surface area contributed by atoms with E-state index >= 15 is 0 Å². The Labute approximate surface area is 141 Å². The van der Waals surface area contributed by atoms with Crippen LogP contribution in [0.25, 0.3) is 0 Å². The molecule has 1 fully saturated rings. The van der Waals surface area contributed by atoms with Crippen LogP contribution < -0.4 is 0 Å². The van der Waals surface area contributed by atoms with E-state index in [0.717, 1.165) is 0 Å². The third-order valence-corrected chi connectivity index (χ3v) is 6.55. The fourth-order valence-electron chi connectivity index (χ4n) is 3.02. The summed E-state index contributed by atoms with van der Waals surface area (Å²) in [6.07, 6.45) is 1.70. The molecule has 0 radical (unpaired) electrons. The van der Waals surface area contributed by atoms with Crippen LogP contribution in [0, 0.1) is 13.8 Å². The lowest BCUT2D eigenvalue weighted by Crippen LogP contribution is -2.50. The number of rotatable bonds is 3. The van der Waals surface area contributed by atoms with Gasteiger partial charge in [0.05, 0.1) is 11.4 Å². The number of sulfonamides is 1. The molecular weight excluding hydrogens is 330 g/mol. The second-order valence-electron chi connectivity index (χ2n) is 5.90. The number of carbonyl (C=O) groups is 1. The van der Waals surface area contributed by atoms with Crippen LogP contribution >= 0.6 is 0 Å². The van der Waals surface area contributed by atoms with E-state index in [1.54, 1.807) is 48.8 Å². The first-order chi connectivity index (χ1) is 11.3. The highest BCUT2D eigenvalue weighted by Gasteiger charge is 2.34. The van der Waals surface area contributed by atoms with Crippen molar-refractivity contribution in [3.05, 3.63) is 35.4 Å². The molecule has 24 heavy (non-hydrogen) atoms. The number of H-pyrrole nitrogens is 1. The summed E-state index contributed by atoms with van der Waals surface area (Å²) >= 11 is 0. The molecule has 9 heteroatoms. The van der Waals surface area contributed by atoms with Crippen molar-refractivity contribution in [2.45, 2.75) is 18.7 Å². The van der Waals surface area contributed by atoms with Gasteiger partial charge in [-0.15, -0.1) is 0 Å². The van der Waals surface area contributed by atoms with Crippen LogP contribution in [-0.4, -0.2) is 64.5 Å². The average molecular weight is 351 g/mol. The number of carbonyl (C=O) groups excluding carboxylic acids is 1. The van der Waals surface area contributed by atoms with Gasteiger partial charge in [0.25, 0.3) is 5.91 Å². The number of aromatic nitrogens is 3. The standard InChI is InChI=1S/C15H21N5O3S/c1-11-14(12(2)18(3)17-11)24(22,23)20-9-7-19(8-10-20)15(21)13-5-4-6-16-13/h4-6,16H,7-10H2,1-3H3. The van der Waals surface area contributed by atoms with Crippen LogP contribution in [-0.2, 0) is 17.1 Å². The molecule has 1 aliphatic rings. The van der Waals surface area contributed by atoms with Crippen molar-refractivity contribution in [3.63, 3.8) is 0 Å². The van der Waals surface area contributed by atoms with E-state index in [2.05, 4.69) is 10.1 Å². The fourth-order valence-corrected chi connectivity index (χ4v) is 4.84. The Bertz CT molecular complexity index is 846. The lowest BCUT2D eigenvalue weighted by Gasteiger charge is -2.33. The summed E-state index contributed by atoms with van der Waals surface area (Å²) in [5.41, 5.74) is 1.64. The molecule has 1 amide bonds. The number of nitrogens with zero attached hydrogens (tertiary/aromatic N) is 4. The van der Waals surface area contributed by atoms with Crippen LogP contribution in [0.3, 0.4) is 0 Å². The van der Waals surface area contributed by atoms with Gasteiger partial charge in [-0.3, -0.25) is 9.48 Å². The number of hydrogen-bond acceptors (Lipinski definition) is 4. The summed E-state index contributed by atoms with van der Waals surface area (Å²) in [6, 6.07) is 3.48. The monoisotopic (exact) mass is 351 g/mol. The summed E-state index contributed by atoms with van der Waals surface area (Å²) in [4.78, 5) is 17.1. The van der Waals surface area contributed by atoms with Crippen molar-refractivity contribution in [2.75, 3.05) is 26.2 Å². The van der Waals surface area contributed by atoms with Gasteiger partial charge in [0.1, 0.15) is 10.6 Å². The van der Waals surface area contributed by atoms with Gasteiger partial charge in [-0.25, -0.2) is 8.42 Å². The molecule has 0 bridgehead atoms. The van der Waals surface area contributed by atoms with Crippen LogP contribution in [0.2, 0.25) is 0 Å². The van der Waals surface area contributed by atoms with E-state index in [-0.39, 0.29) is 23.9 Å². The van der Waals surface area contributed by atoms with Gasteiger partial charge in [-0.1, -0.05) is 0 Å². The molecule has 3 rings (SSSR count). The van der Waals surface area contributed by atoms with E-state index in [1.165, 1.54) is 4.31 Å². The Morgan fingerprint density at radius 1 is 1.21 bits per heavy atom. The van der Waals surface area contributed by atoms with Crippen molar-refractivity contribution in [1.82, 2.24) is 24.0 Å². The maximum Gasteiger partial charge on any atom is 0.270 e. The van der Waals surface area contributed by atoms with Crippen LogP contribution in [0.5, 0.6) is 0 Å². The summed E-state index contributed by atoms with van der Waals surface area (Å²) in [5.74, 6) is -0.106. The summed E-state index contributed by atoms with van der Waals surface area (Å²) in [5, 5.41) is 4.19. The van der Waals surface area contributed by atoms with Crippen LogP contribution in [0.1, 0.15) is 21.9 Å². The third kappa shape index (κ3) is 2.73. The SMILES string of the molecule is Cc1nn(C)c(C)c1S(=O)(=O)N1CCN(C(=O)c2ccc[nH]2)CC1. The van der Waals surface area contributed by atoms with Gasteiger partial charge in [0, 0.05) is 39.4 Å². The molecule has 0 aromatic carbocycles. The number of amides is 1. The molecule has 1 saturated heterocycles. The molecule has 130 valence electrons. The van der Waals surface area contributed by atoms with Crippen molar-refractivity contribution in [2.24, 2.45) is 7.05 Å². The van der Waals surface area contributed by atoms with E-state index < -0.39 is 10.0 Å². The van der Waals surface area contributed by atoms with Crippen molar-refractivity contribution < 1.29 is 13.2 Å². The molecule has 2 aromatic heterocycles. The van der Waals surface area contributed by atoms with Crippen LogP contribution in [0.4, 0.5) is 0 Å². The first-order valence-corrected chi connectivity index (χ1v) is 9.19. The predicted octanol–water partition coefficient (Wildman–Crippen LogP) is 0.512. The predicted molar refractivity (Wildman–Crippen MR) is 88.1 cm³/mol. The minimum absolute atomic E-state index is 0.106. The third-order valence-electron chi connectivity index (χ3n) is 4.39. The maximum atomic E-state index is 12.9. The Morgan fingerprint density at radius 3 is 2.38 bits per heavy atom. The van der Waals surface area contributed by atoms with E-state index in [0.29, 0.717) is 30.2 Å². The Kier molecular flexibility index (Phi) is 4.22. The normalized spacial score (nSPS) is 16.5. The maximum absolute atomic E-state index is 12.9. The van der Waals surface area contributed by atoms with E-state index in [4.69, 9.17) is 0 Å². The largest absolute Gasteiger partial charge is 0.357 e. The lowest BCUT2D eigenvalue weighted by molar-refractivity contribution is 0.0692. The highest BCUT2D eigenvalue weighted by molar-refractivity contribution is 7.89. The van der Waals surface area contributed by atoms with E-state index in [1.807, 2.05) is 0 Å². The van der Waals surface area contributed by atoms with Gasteiger partial charge in [-0.2, -0.15) is 9.40 Å². The molecule has 0 spiro atoms. The second-order valence-corrected chi connectivity index (χ2v) is 7.78. The number of aromatic amines is 1. The second kappa shape index (κ2) is 6.06. The van der Waals surface area contributed by atoms with Gasteiger partial charge >= 0.3 is 0 Å². The highest BCUT2D eigenvalue weighted by atomic mass is 32.2. The molecule has 3 heterocycles. The Balaban J connectivity index is 1.75. The van der Waals surface area contributed by atoms with Gasteiger partial charge < -0.3 is 9.88 Å². The molecule has 0 atom stereocenters. The highest BCUT2D eigenvalue weighted by Crippen LogP contribution is 2.24. The van der Waals surface area contributed by atoms with Gasteiger partial charge in [0.15, 0.2) is 0 Å². The number of aryl methyl sites for hydroxylation is 2. The van der Waals surface area contributed by atoms with Crippen LogP contribution in [0.15, 0.2) is 23.2 Å². The zero-order chi connectivity index (χ0) is 17.5. The quantitative estimate of drug-likeness (QED) is 0.872. The summed E-state index contributed by atoms with van der Waals surface area (Å²) in [7, 11) is -1.87. The fraction of sp³-hybridized carbons (Fsp3) is 0.467. The zero-order valence-electron chi connectivity index (χ0n) is 14.0. The molecule has 1 N–H and O–H groups in total. The molecule has 0 unspecified atom stereocenters. The minimum atomic E-state index is -3.60. The van der Waals surface area contributed by atoms with Gasteiger partial charge in [0.2, 0.25) is 10.0 Å². The Hall–Kier alpha value is -2.13. The molecule has 0 saturated carbocycles. The smallest absolute Gasteiger partial charge is 0.270 e. The van der Waals surface area contributed by atoms with Gasteiger partial charge in [-0.05, 0) is 26.0 Å². The zero-order valence-corrected chi connectivity index (χ0v) is 14.8. The Morgan fingerprint density at radius 2 is 1.88 bits per heavy atom. The number of piperazine rings is 1. The first-order valence-electron chi connectivity index (χ1n) is 7.75. The molecule has 1 aliphatic heterocycles. The minimum Gasteiger partial charge on any atom is -0.357 e. The van der Waals surface area contributed by atoms with Crippen molar-refractivity contribution >= 4 is 15.9 Å².